The molecular formula is C31H38N6. The topological polar surface area (TPSA) is 60.4 Å². The molecular weight excluding hydrogens is 456 g/mol. The Kier molecular flexibility index (Phi) is 7.42. The van der Waals surface area contributed by atoms with Gasteiger partial charge in [-0.1, -0.05) is 43.5 Å². The Labute approximate surface area is 218 Å². The number of para-hydroxylation sites is 2. The van der Waals surface area contributed by atoms with E-state index in [4.69, 9.17) is 20.0 Å². The molecule has 0 amide bonds. The minimum Gasteiger partial charge on any atom is -0.314 e. The third kappa shape index (κ3) is 5.25. The van der Waals surface area contributed by atoms with Gasteiger partial charge in [0.1, 0.15) is 22.6 Å². The molecule has 2 aliphatic heterocycles. The summed E-state index contributed by atoms with van der Waals surface area (Å²) in [5.41, 5.74) is 4.45. The van der Waals surface area contributed by atoms with Crippen molar-refractivity contribution in [2.75, 3.05) is 13.1 Å². The summed E-state index contributed by atoms with van der Waals surface area (Å²) in [5.74, 6) is 2.41. The number of hydrogen-bond acceptors (Lipinski definition) is 4. The van der Waals surface area contributed by atoms with E-state index in [2.05, 4.69) is 57.7 Å². The van der Waals surface area contributed by atoms with Crippen molar-refractivity contribution in [2.24, 2.45) is 9.98 Å². The Morgan fingerprint density at radius 2 is 1.03 bits per heavy atom. The van der Waals surface area contributed by atoms with E-state index in [1.807, 2.05) is 0 Å². The van der Waals surface area contributed by atoms with E-state index in [1.165, 1.54) is 67.4 Å². The van der Waals surface area contributed by atoms with Crippen LogP contribution in [-0.4, -0.2) is 32.2 Å². The summed E-state index contributed by atoms with van der Waals surface area (Å²) < 4.78 is 4.74. The number of aryl methyl sites for hydroxylation is 2. The fourth-order valence-electron chi connectivity index (χ4n) is 5.88. The van der Waals surface area contributed by atoms with Crippen LogP contribution in [0.5, 0.6) is 0 Å². The molecule has 0 radical (unpaired) electrons. The number of benzene rings is 2. The van der Waals surface area contributed by atoms with Crippen LogP contribution in [0.25, 0.3) is 21.8 Å². The van der Waals surface area contributed by atoms with Crippen molar-refractivity contribution in [1.29, 1.82) is 0 Å². The molecule has 6 rings (SSSR count). The molecule has 0 bridgehead atoms. The van der Waals surface area contributed by atoms with Crippen molar-refractivity contribution in [2.45, 2.75) is 83.7 Å². The number of unbranched alkanes of at least 4 members (excludes halogenated alkanes) is 4. The highest BCUT2D eigenvalue weighted by Gasteiger charge is 2.14. The third-order valence-corrected chi connectivity index (χ3v) is 7.83. The molecule has 0 atom stereocenters. The van der Waals surface area contributed by atoms with Crippen LogP contribution < -0.4 is 11.0 Å². The van der Waals surface area contributed by atoms with E-state index in [1.54, 1.807) is 0 Å². The lowest BCUT2D eigenvalue weighted by Gasteiger charge is -2.19. The minimum atomic E-state index is 0.892. The first-order chi connectivity index (χ1) is 18.4. The van der Waals surface area contributed by atoms with Gasteiger partial charge in [0.15, 0.2) is 0 Å². The molecule has 0 saturated heterocycles. The number of rotatable bonds is 8. The van der Waals surface area contributed by atoms with E-state index in [0.717, 1.165) is 73.9 Å². The molecule has 2 aromatic carbocycles. The van der Waals surface area contributed by atoms with Gasteiger partial charge in [-0.15, -0.1) is 0 Å². The Balaban J connectivity index is 1.05. The number of fused-ring (bicyclic) bond motifs is 4. The van der Waals surface area contributed by atoms with Crippen LogP contribution in [-0.2, 0) is 25.9 Å². The average molecular weight is 495 g/mol. The lowest BCUT2D eigenvalue weighted by Crippen LogP contribution is -2.29. The molecule has 192 valence electrons. The molecule has 6 nitrogen and oxygen atoms in total. The van der Waals surface area contributed by atoms with Gasteiger partial charge in [-0.05, 0) is 62.8 Å². The first-order valence-electron chi connectivity index (χ1n) is 14.4. The van der Waals surface area contributed by atoms with Gasteiger partial charge >= 0.3 is 0 Å². The third-order valence-electron chi connectivity index (χ3n) is 7.83. The predicted octanol–water partition coefficient (Wildman–Crippen LogP) is 5.51. The number of aromatic nitrogens is 4. The van der Waals surface area contributed by atoms with Crippen molar-refractivity contribution in [3.63, 3.8) is 0 Å². The largest absolute Gasteiger partial charge is 0.314 e. The standard InChI is InChI=1S/C31H38N6/c1(2-10-20-32-30-24-14-4-6-16-26(24)34-28-18-8-12-22-36(28)30)3-11-21-33-31-25-15-5-7-17-27(25)35-29-19-9-13-23-37(29)31/h4-7,14-17H,1-3,8-13,18-23H2. The SMILES string of the molecule is c1ccc2c(=NCCCCCCCN=c3c4ccccc4nc4n3CCCC4)n3c(nc2c1)CCCC3. The summed E-state index contributed by atoms with van der Waals surface area (Å²) >= 11 is 0. The lowest BCUT2D eigenvalue weighted by molar-refractivity contribution is 0.492. The highest BCUT2D eigenvalue weighted by Crippen LogP contribution is 2.16. The van der Waals surface area contributed by atoms with Crippen molar-refractivity contribution < 1.29 is 0 Å². The highest BCUT2D eigenvalue weighted by atomic mass is 15.1. The molecule has 0 fully saturated rings. The van der Waals surface area contributed by atoms with Crippen LogP contribution in [0.2, 0.25) is 0 Å². The summed E-state index contributed by atoms with van der Waals surface area (Å²) in [6.45, 7) is 3.88. The fourth-order valence-corrected chi connectivity index (χ4v) is 5.88. The van der Waals surface area contributed by atoms with Gasteiger partial charge < -0.3 is 9.13 Å². The Morgan fingerprint density at radius 1 is 0.568 bits per heavy atom. The highest BCUT2D eigenvalue weighted by molar-refractivity contribution is 5.77. The summed E-state index contributed by atoms with van der Waals surface area (Å²) in [7, 11) is 0. The average Bonchev–Trinajstić information content (AvgIpc) is 2.95. The number of hydrogen-bond donors (Lipinski definition) is 0. The minimum absolute atomic E-state index is 0.892. The van der Waals surface area contributed by atoms with Crippen molar-refractivity contribution in [1.82, 2.24) is 19.1 Å². The normalized spacial score (nSPS) is 16.3. The summed E-state index contributed by atoms with van der Waals surface area (Å²) in [4.78, 5) is 20.0. The van der Waals surface area contributed by atoms with Crippen LogP contribution in [0.3, 0.4) is 0 Å². The van der Waals surface area contributed by atoms with Gasteiger partial charge in [-0.3, -0.25) is 9.98 Å². The summed E-state index contributed by atoms with van der Waals surface area (Å²) in [6, 6.07) is 17.0. The van der Waals surface area contributed by atoms with Crippen molar-refractivity contribution >= 4 is 21.8 Å². The lowest BCUT2D eigenvalue weighted by atomic mass is 10.1. The monoisotopic (exact) mass is 494 g/mol. The van der Waals surface area contributed by atoms with Gasteiger partial charge in [-0.25, -0.2) is 9.97 Å². The second-order valence-electron chi connectivity index (χ2n) is 10.5. The smallest absolute Gasteiger partial charge is 0.138 e. The Bertz CT molecular complexity index is 1410. The zero-order valence-corrected chi connectivity index (χ0v) is 21.9. The predicted molar refractivity (Wildman–Crippen MR) is 149 cm³/mol. The van der Waals surface area contributed by atoms with Gasteiger partial charge in [0.05, 0.1) is 11.0 Å². The van der Waals surface area contributed by atoms with Crippen LogP contribution in [0.15, 0.2) is 58.5 Å². The zero-order valence-electron chi connectivity index (χ0n) is 21.9. The second-order valence-corrected chi connectivity index (χ2v) is 10.5. The molecule has 4 aromatic rings. The van der Waals surface area contributed by atoms with E-state index in [9.17, 15) is 0 Å². The van der Waals surface area contributed by atoms with Crippen molar-refractivity contribution in [3.05, 3.63) is 71.2 Å². The maximum absolute atomic E-state index is 5.09. The van der Waals surface area contributed by atoms with E-state index in [-0.39, 0.29) is 0 Å². The molecule has 0 spiro atoms. The Hall–Kier alpha value is -3.28. The molecule has 0 saturated carbocycles. The van der Waals surface area contributed by atoms with E-state index < -0.39 is 0 Å². The maximum Gasteiger partial charge on any atom is 0.138 e. The summed E-state index contributed by atoms with van der Waals surface area (Å²) in [6.07, 6.45) is 13.0. The number of nitrogens with zero attached hydrogens (tertiary/aromatic N) is 6. The molecule has 6 heteroatoms. The molecule has 4 heterocycles. The van der Waals surface area contributed by atoms with Gasteiger partial charge in [0.2, 0.25) is 0 Å². The van der Waals surface area contributed by atoms with Gasteiger partial charge in [0.25, 0.3) is 0 Å². The van der Waals surface area contributed by atoms with Crippen LogP contribution in [0, 0.1) is 0 Å². The molecule has 2 aliphatic rings. The second kappa shape index (κ2) is 11.4. The first kappa shape index (κ1) is 24.1. The van der Waals surface area contributed by atoms with Crippen LogP contribution >= 0.6 is 0 Å². The fraction of sp³-hybridized carbons (Fsp3) is 0.484. The van der Waals surface area contributed by atoms with Gasteiger partial charge in [-0.2, -0.15) is 0 Å². The van der Waals surface area contributed by atoms with E-state index in [0.29, 0.717) is 0 Å². The summed E-state index contributed by atoms with van der Waals surface area (Å²) in [5, 5.41) is 2.39. The van der Waals surface area contributed by atoms with E-state index >= 15 is 0 Å². The Morgan fingerprint density at radius 3 is 1.54 bits per heavy atom. The first-order valence-corrected chi connectivity index (χ1v) is 14.4. The maximum atomic E-state index is 5.09. The molecule has 0 N–H and O–H groups in total. The zero-order chi connectivity index (χ0) is 24.9. The quantitative estimate of drug-likeness (QED) is 0.303. The molecule has 0 unspecified atom stereocenters. The van der Waals surface area contributed by atoms with Crippen LogP contribution in [0.1, 0.15) is 69.4 Å². The van der Waals surface area contributed by atoms with Crippen molar-refractivity contribution in [3.8, 4) is 0 Å². The van der Waals surface area contributed by atoms with Gasteiger partial charge in [0, 0.05) is 49.8 Å². The van der Waals surface area contributed by atoms with Crippen LogP contribution in [0.4, 0.5) is 0 Å². The molecule has 37 heavy (non-hydrogen) atoms. The molecule has 2 aromatic heterocycles. The molecule has 0 aliphatic carbocycles.